The number of aliphatic hydroxyl groups excluding tert-OH is 1. The van der Waals surface area contributed by atoms with E-state index in [2.05, 4.69) is 21.2 Å². The maximum atomic E-state index is 12.4. The molecule has 0 unspecified atom stereocenters. The Morgan fingerprint density at radius 1 is 1.07 bits per heavy atom. The second-order valence-corrected chi connectivity index (χ2v) is 9.81. The predicted molar refractivity (Wildman–Crippen MR) is 161 cm³/mol. The average molecular weight is 609 g/mol. The number of hydrogen-bond donors (Lipinski definition) is 4. The molecule has 4 rings (SSSR count). The first kappa shape index (κ1) is 31.2. The first-order chi connectivity index (χ1) is 20.8. The Labute approximate surface area is 254 Å². The van der Waals surface area contributed by atoms with E-state index in [1.807, 2.05) is 49.4 Å². The summed E-state index contributed by atoms with van der Waals surface area (Å²) in [5.74, 6) is 0.774. The molecule has 226 valence electrons. The third kappa shape index (κ3) is 8.40. The lowest BCUT2D eigenvalue weighted by molar-refractivity contribution is -0.136. The van der Waals surface area contributed by atoms with Crippen molar-refractivity contribution in [2.75, 3.05) is 20.3 Å². The van der Waals surface area contributed by atoms with Gasteiger partial charge in [-0.1, -0.05) is 41.9 Å². The van der Waals surface area contributed by atoms with Gasteiger partial charge in [-0.15, -0.1) is 0 Å². The summed E-state index contributed by atoms with van der Waals surface area (Å²) < 4.78 is 22.4. The number of aliphatic hydroxyl groups is 1. The number of benzene rings is 3. The van der Waals surface area contributed by atoms with Gasteiger partial charge in [-0.2, -0.15) is 5.10 Å². The van der Waals surface area contributed by atoms with Gasteiger partial charge in [0, 0.05) is 16.3 Å². The molecule has 4 N–H and O–H groups in total. The summed E-state index contributed by atoms with van der Waals surface area (Å²) in [6.07, 6.45) is 0.392. The second-order valence-electron chi connectivity index (χ2n) is 9.37. The number of esters is 1. The number of amides is 2. The summed E-state index contributed by atoms with van der Waals surface area (Å²) in [5, 5.41) is 20.5. The highest BCUT2D eigenvalue weighted by Crippen LogP contribution is 2.35. The zero-order valence-corrected chi connectivity index (χ0v) is 24.7. The Balaban J connectivity index is 1.38. The first-order valence-corrected chi connectivity index (χ1v) is 13.9. The highest BCUT2D eigenvalue weighted by Gasteiger charge is 2.32. The fourth-order valence-corrected chi connectivity index (χ4v) is 4.53. The van der Waals surface area contributed by atoms with Crippen molar-refractivity contribution in [3.63, 3.8) is 0 Å². The number of ether oxygens (including phenoxy) is 4. The van der Waals surface area contributed by atoms with Gasteiger partial charge < -0.3 is 34.7 Å². The van der Waals surface area contributed by atoms with Gasteiger partial charge in [-0.3, -0.25) is 5.43 Å². The van der Waals surface area contributed by atoms with Gasteiger partial charge >= 0.3 is 12.0 Å². The normalized spacial score (nSPS) is 15.4. The summed E-state index contributed by atoms with van der Waals surface area (Å²) in [4.78, 5) is 24.6. The minimum absolute atomic E-state index is 0.153. The molecule has 0 aliphatic carbocycles. The molecule has 0 bridgehead atoms. The Morgan fingerprint density at radius 3 is 2.65 bits per heavy atom. The van der Waals surface area contributed by atoms with Crippen molar-refractivity contribution in [1.29, 1.82) is 0 Å². The number of para-hydroxylation sites is 1. The summed E-state index contributed by atoms with van der Waals surface area (Å²) >= 11 is 6.06. The van der Waals surface area contributed by atoms with Crippen molar-refractivity contribution in [2.24, 2.45) is 5.10 Å². The van der Waals surface area contributed by atoms with Crippen LogP contribution in [0.4, 0.5) is 4.79 Å². The molecule has 12 heteroatoms. The van der Waals surface area contributed by atoms with Gasteiger partial charge in [-0.25, -0.2) is 9.59 Å². The van der Waals surface area contributed by atoms with Crippen LogP contribution in [0, 0.1) is 0 Å². The smallest absolute Gasteiger partial charge is 0.337 e. The number of allylic oxidation sites excluding steroid dienone is 1. The molecular weight excluding hydrogens is 576 g/mol. The number of hydrogen-bond acceptors (Lipinski definition) is 9. The van der Waals surface area contributed by atoms with Crippen LogP contribution in [0.25, 0.3) is 0 Å². The van der Waals surface area contributed by atoms with E-state index >= 15 is 0 Å². The molecular formula is C31H33ClN4O7. The van der Waals surface area contributed by atoms with E-state index < -0.39 is 24.3 Å². The summed E-state index contributed by atoms with van der Waals surface area (Å²) in [7, 11) is 1.28. The fraction of sp³-hybridized carbons (Fsp3) is 0.258. The summed E-state index contributed by atoms with van der Waals surface area (Å²) in [6.45, 7) is 3.96. The van der Waals surface area contributed by atoms with E-state index in [9.17, 15) is 14.7 Å². The molecule has 0 aromatic heterocycles. The zero-order valence-electron chi connectivity index (χ0n) is 23.9. The topological polar surface area (TPSA) is 140 Å². The molecule has 2 atom stereocenters. The zero-order chi connectivity index (χ0) is 30.8. The van der Waals surface area contributed by atoms with Crippen molar-refractivity contribution in [1.82, 2.24) is 16.1 Å². The van der Waals surface area contributed by atoms with Gasteiger partial charge in [-0.05, 0) is 61.4 Å². The first-order valence-electron chi connectivity index (χ1n) is 13.5. The molecule has 0 fully saturated rings. The van der Waals surface area contributed by atoms with Gasteiger partial charge in [0.2, 0.25) is 0 Å². The molecule has 0 saturated heterocycles. The van der Waals surface area contributed by atoms with Crippen molar-refractivity contribution in [3.8, 4) is 17.2 Å². The minimum Gasteiger partial charge on any atom is -0.490 e. The molecule has 0 radical (unpaired) electrons. The van der Waals surface area contributed by atoms with E-state index in [-0.39, 0.29) is 12.2 Å². The van der Waals surface area contributed by atoms with Gasteiger partial charge in [0.1, 0.15) is 19.0 Å². The van der Waals surface area contributed by atoms with Crippen LogP contribution in [0.2, 0.25) is 5.02 Å². The van der Waals surface area contributed by atoms with Crippen LogP contribution in [0.3, 0.4) is 0 Å². The number of rotatable bonds is 13. The van der Waals surface area contributed by atoms with E-state index in [0.29, 0.717) is 52.3 Å². The fourth-order valence-electron chi connectivity index (χ4n) is 4.32. The monoisotopic (exact) mass is 608 g/mol. The number of urea groups is 1. The summed E-state index contributed by atoms with van der Waals surface area (Å²) in [6, 6.07) is 18.6. The average Bonchev–Trinajstić information content (AvgIpc) is 2.99. The number of nitrogens with zero attached hydrogens (tertiary/aromatic N) is 1. The van der Waals surface area contributed by atoms with Crippen molar-refractivity contribution in [2.45, 2.75) is 32.7 Å². The number of nitrogens with one attached hydrogen (secondary N) is 3. The number of carbonyl (C=O) groups excluding carboxylic acids is 2. The van der Waals surface area contributed by atoms with Crippen molar-refractivity contribution < 1.29 is 33.6 Å². The van der Waals surface area contributed by atoms with Crippen LogP contribution in [0.1, 0.15) is 36.6 Å². The van der Waals surface area contributed by atoms with Crippen LogP contribution in [0.5, 0.6) is 17.2 Å². The Bertz CT molecular complexity index is 1510. The molecule has 3 aromatic rings. The molecule has 43 heavy (non-hydrogen) atoms. The molecule has 0 saturated carbocycles. The van der Waals surface area contributed by atoms with Crippen LogP contribution in [0.15, 0.2) is 83.1 Å². The van der Waals surface area contributed by atoms with Crippen LogP contribution in [-0.4, -0.2) is 49.9 Å². The maximum absolute atomic E-state index is 12.4. The lowest BCUT2D eigenvalue weighted by Crippen LogP contribution is -2.45. The van der Waals surface area contributed by atoms with Gasteiger partial charge in [0.25, 0.3) is 0 Å². The molecule has 2 amide bonds. The van der Waals surface area contributed by atoms with Crippen molar-refractivity contribution >= 4 is 29.8 Å². The Kier molecular flexibility index (Phi) is 10.8. The lowest BCUT2D eigenvalue weighted by Gasteiger charge is -2.28. The number of carbonyl (C=O) groups is 2. The number of hydrazone groups is 1. The van der Waals surface area contributed by atoms with Crippen LogP contribution < -0.4 is 30.3 Å². The van der Waals surface area contributed by atoms with Gasteiger partial charge in [0.05, 0.1) is 31.5 Å². The SMILES string of the molecule is CCOc1cc([C@H]2NC(=O)NC(C)=C2C(=O)OC)ccc1OC[C@@H](O)N/N=C/c1ccccc1OCc1cccc(Cl)c1. The van der Waals surface area contributed by atoms with Crippen molar-refractivity contribution in [3.05, 3.63) is 99.7 Å². The Hall–Kier alpha value is -4.74. The van der Waals surface area contributed by atoms with E-state index in [1.54, 1.807) is 37.4 Å². The quantitative estimate of drug-likeness (QED) is 0.0967. The number of methoxy groups -OCH3 is 1. The third-order valence-corrected chi connectivity index (χ3v) is 6.54. The maximum Gasteiger partial charge on any atom is 0.337 e. The molecule has 1 aliphatic heterocycles. The lowest BCUT2D eigenvalue weighted by atomic mass is 9.95. The molecule has 11 nitrogen and oxygen atoms in total. The number of halogens is 1. The van der Waals surface area contributed by atoms with E-state index in [0.717, 1.165) is 5.56 Å². The molecule has 1 aliphatic rings. The molecule has 3 aromatic carbocycles. The second kappa shape index (κ2) is 14.9. The third-order valence-electron chi connectivity index (χ3n) is 6.30. The largest absolute Gasteiger partial charge is 0.490 e. The predicted octanol–water partition coefficient (Wildman–Crippen LogP) is 4.44. The van der Waals surface area contributed by atoms with Crippen LogP contribution in [-0.2, 0) is 16.1 Å². The molecule has 1 heterocycles. The highest BCUT2D eigenvalue weighted by atomic mass is 35.5. The minimum atomic E-state index is -1.15. The highest BCUT2D eigenvalue weighted by molar-refractivity contribution is 6.30. The summed E-state index contributed by atoms with van der Waals surface area (Å²) in [5.41, 5.74) is 5.52. The molecule has 0 spiro atoms. The van der Waals surface area contributed by atoms with E-state index in [1.165, 1.54) is 7.11 Å². The van der Waals surface area contributed by atoms with Crippen LogP contribution >= 0.6 is 11.6 Å². The van der Waals surface area contributed by atoms with Gasteiger partial charge in [0.15, 0.2) is 17.7 Å². The van der Waals surface area contributed by atoms with E-state index in [4.69, 9.17) is 30.5 Å². The Morgan fingerprint density at radius 2 is 1.88 bits per heavy atom. The standard InChI is InChI=1S/C31H33ClN4O7/c1-4-41-26-15-21(29-28(30(38)40-3)19(2)34-31(39)35-29)12-13-25(26)43-18-27(37)36-33-16-22-9-5-6-11-24(22)42-17-20-8-7-10-23(32)14-20/h5-16,27,29,36-37H,4,17-18H2,1-3H3,(H2,34,35,39)/b33-16+/t27-,29-/m1/s1.